The number of rotatable bonds is 5. The first-order valence-corrected chi connectivity index (χ1v) is 9.25. The molecule has 0 radical (unpaired) electrons. The number of amides is 2. The lowest BCUT2D eigenvalue weighted by molar-refractivity contribution is -0.117. The van der Waals surface area contributed by atoms with E-state index in [0.29, 0.717) is 21.0 Å². The van der Waals surface area contributed by atoms with Gasteiger partial charge in [-0.15, -0.1) is 11.3 Å². The highest BCUT2D eigenvalue weighted by molar-refractivity contribution is 7.18. The Hall–Kier alpha value is -1.89. The van der Waals surface area contributed by atoms with Crippen LogP contribution < -0.4 is 5.32 Å². The number of anilines is 1. The lowest BCUT2D eigenvalue weighted by Crippen LogP contribution is -2.27. The van der Waals surface area contributed by atoms with E-state index in [0.717, 1.165) is 38.8 Å². The molecule has 1 aliphatic heterocycles. The van der Waals surface area contributed by atoms with Gasteiger partial charge in [0.2, 0.25) is 5.91 Å². The van der Waals surface area contributed by atoms with Gasteiger partial charge in [-0.1, -0.05) is 0 Å². The fraction of sp³-hybridized carbons (Fsp3) is 0.588. The Morgan fingerprint density at radius 3 is 2.50 bits per heavy atom. The van der Waals surface area contributed by atoms with Crippen molar-refractivity contribution in [1.29, 1.82) is 0 Å². The van der Waals surface area contributed by atoms with Crippen LogP contribution >= 0.6 is 11.3 Å². The molecule has 0 atom stereocenters. The molecule has 1 aromatic rings. The molecule has 2 amide bonds. The number of nitrogens with one attached hydrogen (secondary N) is 1. The van der Waals surface area contributed by atoms with Crippen LogP contribution in [-0.4, -0.2) is 42.4 Å². The van der Waals surface area contributed by atoms with Gasteiger partial charge in [0, 0.05) is 19.0 Å². The summed E-state index contributed by atoms with van der Waals surface area (Å²) < 4.78 is 5.12. The van der Waals surface area contributed by atoms with Gasteiger partial charge in [-0.05, 0) is 45.1 Å². The maximum atomic E-state index is 12.7. The van der Waals surface area contributed by atoms with Crippen molar-refractivity contribution in [3.8, 4) is 0 Å². The van der Waals surface area contributed by atoms with Gasteiger partial charge >= 0.3 is 5.97 Å². The summed E-state index contributed by atoms with van der Waals surface area (Å²) in [7, 11) is 0. The summed E-state index contributed by atoms with van der Waals surface area (Å²) >= 11 is 1.18. The van der Waals surface area contributed by atoms with Gasteiger partial charge < -0.3 is 15.0 Å². The molecule has 0 aromatic carbocycles. The van der Waals surface area contributed by atoms with Crippen molar-refractivity contribution >= 4 is 34.1 Å². The van der Waals surface area contributed by atoms with E-state index >= 15 is 0 Å². The molecule has 2 fully saturated rings. The summed E-state index contributed by atoms with van der Waals surface area (Å²) in [5, 5.41) is 3.26. The molecule has 1 aliphatic carbocycles. The normalized spacial score (nSPS) is 17.0. The van der Waals surface area contributed by atoms with Crippen molar-refractivity contribution in [2.24, 2.45) is 5.92 Å². The Labute approximate surface area is 145 Å². The molecule has 7 heteroatoms. The van der Waals surface area contributed by atoms with Crippen LogP contribution in [0.15, 0.2) is 0 Å². The maximum absolute atomic E-state index is 12.7. The van der Waals surface area contributed by atoms with Crippen molar-refractivity contribution in [1.82, 2.24) is 4.90 Å². The van der Waals surface area contributed by atoms with E-state index in [2.05, 4.69) is 5.32 Å². The van der Waals surface area contributed by atoms with E-state index in [4.69, 9.17) is 4.74 Å². The number of likely N-dealkylation sites (tertiary alicyclic amines) is 1. The van der Waals surface area contributed by atoms with Crippen LogP contribution in [0.1, 0.15) is 58.2 Å². The molecule has 6 nitrogen and oxygen atoms in total. The van der Waals surface area contributed by atoms with Crippen molar-refractivity contribution in [2.75, 3.05) is 25.0 Å². The van der Waals surface area contributed by atoms with Crippen molar-refractivity contribution in [2.45, 2.75) is 39.5 Å². The van der Waals surface area contributed by atoms with Crippen molar-refractivity contribution in [3.63, 3.8) is 0 Å². The molecule has 1 saturated heterocycles. The molecule has 2 aliphatic rings. The standard InChI is InChI=1S/C17H22N2O4S/c1-3-23-17(22)12-10(2)13(16(21)19-8-4-5-9-19)24-15(12)18-14(20)11-6-7-11/h11H,3-9H2,1-2H3,(H,18,20). The monoisotopic (exact) mass is 350 g/mol. The van der Waals surface area contributed by atoms with Gasteiger partial charge in [-0.25, -0.2) is 4.79 Å². The summed E-state index contributed by atoms with van der Waals surface area (Å²) in [5.41, 5.74) is 0.917. The number of hydrogen-bond acceptors (Lipinski definition) is 5. The average molecular weight is 350 g/mol. The molecule has 0 spiro atoms. The smallest absolute Gasteiger partial charge is 0.341 e. The van der Waals surface area contributed by atoms with Gasteiger partial charge in [0.05, 0.1) is 17.0 Å². The third-order valence-electron chi connectivity index (χ3n) is 4.40. The summed E-state index contributed by atoms with van der Waals surface area (Å²) in [6.07, 6.45) is 3.77. The molecule has 0 bridgehead atoms. The van der Waals surface area contributed by atoms with Crippen LogP contribution in [0, 0.1) is 12.8 Å². The van der Waals surface area contributed by atoms with Crippen LogP contribution in [-0.2, 0) is 9.53 Å². The number of ether oxygens (including phenoxy) is 1. The Kier molecular flexibility index (Phi) is 4.89. The minimum absolute atomic E-state index is 0.0279. The topological polar surface area (TPSA) is 75.7 Å². The van der Waals surface area contributed by atoms with Gasteiger partial charge in [-0.2, -0.15) is 0 Å². The lowest BCUT2D eigenvalue weighted by Gasteiger charge is -2.14. The predicted octanol–water partition coefficient (Wildman–Crippen LogP) is 2.82. The van der Waals surface area contributed by atoms with E-state index in [1.54, 1.807) is 18.7 Å². The second-order valence-corrected chi connectivity index (χ2v) is 7.26. The zero-order chi connectivity index (χ0) is 17.3. The number of nitrogens with zero attached hydrogens (tertiary/aromatic N) is 1. The number of esters is 1. The summed E-state index contributed by atoms with van der Waals surface area (Å²) in [6.45, 7) is 5.22. The molecule has 0 unspecified atom stereocenters. The number of carbonyl (C=O) groups excluding carboxylic acids is 3. The predicted molar refractivity (Wildman–Crippen MR) is 91.5 cm³/mol. The molecule has 24 heavy (non-hydrogen) atoms. The van der Waals surface area contributed by atoms with Gasteiger partial charge in [0.25, 0.3) is 5.91 Å². The van der Waals surface area contributed by atoms with Crippen molar-refractivity contribution in [3.05, 3.63) is 16.0 Å². The van der Waals surface area contributed by atoms with Crippen LogP contribution in [0.2, 0.25) is 0 Å². The molecule has 1 saturated carbocycles. The molecule has 2 heterocycles. The van der Waals surface area contributed by atoms with Crippen LogP contribution in [0.3, 0.4) is 0 Å². The second-order valence-electron chi connectivity index (χ2n) is 6.24. The Morgan fingerprint density at radius 1 is 1.25 bits per heavy atom. The minimum Gasteiger partial charge on any atom is -0.462 e. The minimum atomic E-state index is -0.488. The largest absolute Gasteiger partial charge is 0.462 e. The van der Waals surface area contributed by atoms with E-state index in [1.807, 2.05) is 0 Å². The Balaban J connectivity index is 1.92. The van der Waals surface area contributed by atoms with Crippen LogP contribution in [0.25, 0.3) is 0 Å². The molecule has 130 valence electrons. The number of hydrogen-bond donors (Lipinski definition) is 1. The fourth-order valence-electron chi connectivity index (χ4n) is 2.88. The first-order chi connectivity index (χ1) is 11.5. The molecule has 1 aromatic heterocycles. The third kappa shape index (κ3) is 3.31. The molecular weight excluding hydrogens is 328 g/mol. The zero-order valence-corrected chi connectivity index (χ0v) is 14.8. The highest BCUT2D eigenvalue weighted by Crippen LogP contribution is 2.37. The fourth-order valence-corrected chi connectivity index (χ4v) is 4.04. The third-order valence-corrected chi connectivity index (χ3v) is 5.59. The highest BCUT2D eigenvalue weighted by Gasteiger charge is 2.33. The van der Waals surface area contributed by atoms with E-state index in [9.17, 15) is 14.4 Å². The van der Waals surface area contributed by atoms with E-state index in [-0.39, 0.29) is 24.3 Å². The van der Waals surface area contributed by atoms with Crippen LogP contribution in [0.4, 0.5) is 5.00 Å². The van der Waals surface area contributed by atoms with Gasteiger partial charge in [0.1, 0.15) is 5.00 Å². The first-order valence-electron chi connectivity index (χ1n) is 8.43. The quantitative estimate of drug-likeness (QED) is 0.829. The molecule has 1 N–H and O–H groups in total. The number of carbonyl (C=O) groups is 3. The second kappa shape index (κ2) is 6.93. The number of thiophene rings is 1. The van der Waals surface area contributed by atoms with E-state index < -0.39 is 5.97 Å². The van der Waals surface area contributed by atoms with Gasteiger partial charge in [-0.3, -0.25) is 9.59 Å². The molecular formula is C17H22N2O4S. The van der Waals surface area contributed by atoms with E-state index in [1.165, 1.54) is 11.3 Å². The SMILES string of the molecule is CCOC(=O)c1c(NC(=O)C2CC2)sc(C(=O)N2CCCC2)c1C. The highest BCUT2D eigenvalue weighted by atomic mass is 32.1. The summed E-state index contributed by atoms with van der Waals surface area (Å²) in [6, 6.07) is 0. The molecule has 3 rings (SSSR count). The van der Waals surface area contributed by atoms with Gasteiger partial charge in [0.15, 0.2) is 0 Å². The van der Waals surface area contributed by atoms with Crippen LogP contribution in [0.5, 0.6) is 0 Å². The Morgan fingerprint density at radius 2 is 1.92 bits per heavy atom. The van der Waals surface area contributed by atoms with Crippen molar-refractivity contribution < 1.29 is 19.1 Å². The zero-order valence-electron chi connectivity index (χ0n) is 14.0. The Bertz CT molecular complexity index is 672. The summed E-state index contributed by atoms with van der Waals surface area (Å²) in [4.78, 5) is 39.5. The first kappa shape index (κ1) is 17.0. The lowest BCUT2D eigenvalue weighted by atomic mass is 10.1. The summed E-state index contributed by atoms with van der Waals surface area (Å²) in [5.74, 6) is -0.604. The maximum Gasteiger partial charge on any atom is 0.341 e. The average Bonchev–Trinajstić information content (AvgIpc) is 3.16.